The molecule has 96 valence electrons. The Kier molecular flexibility index (Phi) is 4.69. The summed E-state index contributed by atoms with van der Waals surface area (Å²) in [7, 11) is 2.04. The summed E-state index contributed by atoms with van der Waals surface area (Å²) >= 11 is 3.57. The SMILES string of the molecule is CCC1CCCC(C(NC)c2occc2Br)C1. The number of hydrogen-bond donors (Lipinski definition) is 1. The van der Waals surface area contributed by atoms with Gasteiger partial charge in [0.1, 0.15) is 5.76 Å². The van der Waals surface area contributed by atoms with Gasteiger partial charge < -0.3 is 9.73 Å². The van der Waals surface area contributed by atoms with Gasteiger partial charge in [-0.1, -0.05) is 26.2 Å². The fourth-order valence-electron chi connectivity index (χ4n) is 3.11. The molecule has 1 aliphatic carbocycles. The van der Waals surface area contributed by atoms with Crippen LogP contribution in [0.15, 0.2) is 21.2 Å². The third kappa shape index (κ3) is 2.94. The number of nitrogens with one attached hydrogen (secondary N) is 1. The lowest BCUT2D eigenvalue weighted by Gasteiger charge is -2.33. The molecule has 1 fully saturated rings. The zero-order valence-corrected chi connectivity index (χ0v) is 12.3. The first-order valence-corrected chi connectivity index (χ1v) is 7.45. The molecule has 2 rings (SSSR count). The van der Waals surface area contributed by atoms with E-state index >= 15 is 0 Å². The Morgan fingerprint density at radius 2 is 2.35 bits per heavy atom. The van der Waals surface area contributed by atoms with Crippen molar-refractivity contribution in [2.24, 2.45) is 11.8 Å². The number of halogens is 1. The van der Waals surface area contributed by atoms with Crippen molar-refractivity contribution in [2.45, 2.75) is 45.1 Å². The van der Waals surface area contributed by atoms with Crippen molar-refractivity contribution in [1.29, 1.82) is 0 Å². The fourth-order valence-corrected chi connectivity index (χ4v) is 3.56. The third-order valence-corrected chi connectivity index (χ3v) is 4.77. The van der Waals surface area contributed by atoms with Crippen LogP contribution in [0.3, 0.4) is 0 Å². The first-order valence-electron chi connectivity index (χ1n) is 6.66. The second-order valence-electron chi connectivity index (χ2n) is 5.10. The number of hydrogen-bond acceptors (Lipinski definition) is 2. The fraction of sp³-hybridized carbons (Fsp3) is 0.714. The van der Waals surface area contributed by atoms with E-state index in [9.17, 15) is 0 Å². The summed E-state index contributed by atoms with van der Waals surface area (Å²) < 4.78 is 6.72. The first kappa shape index (κ1) is 13.2. The molecule has 1 aromatic rings. The van der Waals surface area contributed by atoms with Crippen molar-refractivity contribution in [3.63, 3.8) is 0 Å². The van der Waals surface area contributed by atoms with Crippen LogP contribution in [0, 0.1) is 11.8 Å². The van der Waals surface area contributed by atoms with E-state index in [1.807, 2.05) is 13.1 Å². The average Bonchev–Trinajstić information content (AvgIpc) is 2.77. The Hall–Kier alpha value is -0.280. The molecule has 0 bridgehead atoms. The van der Waals surface area contributed by atoms with Gasteiger partial charge in [-0.3, -0.25) is 0 Å². The van der Waals surface area contributed by atoms with E-state index in [2.05, 4.69) is 28.2 Å². The van der Waals surface area contributed by atoms with Crippen molar-refractivity contribution < 1.29 is 4.42 Å². The van der Waals surface area contributed by atoms with Crippen LogP contribution in [-0.4, -0.2) is 7.05 Å². The Morgan fingerprint density at radius 3 is 2.94 bits per heavy atom. The second kappa shape index (κ2) is 6.05. The molecular weight excluding hydrogens is 278 g/mol. The largest absolute Gasteiger partial charge is 0.466 e. The quantitative estimate of drug-likeness (QED) is 0.884. The van der Waals surface area contributed by atoms with Gasteiger partial charge in [0.15, 0.2) is 0 Å². The molecule has 1 N–H and O–H groups in total. The van der Waals surface area contributed by atoms with Gasteiger partial charge in [0.25, 0.3) is 0 Å². The van der Waals surface area contributed by atoms with Crippen LogP contribution in [-0.2, 0) is 0 Å². The Labute approximate surface area is 112 Å². The van der Waals surface area contributed by atoms with Gasteiger partial charge >= 0.3 is 0 Å². The summed E-state index contributed by atoms with van der Waals surface area (Å²) in [4.78, 5) is 0. The van der Waals surface area contributed by atoms with Gasteiger partial charge in [0, 0.05) is 0 Å². The molecule has 0 saturated heterocycles. The van der Waals surface area contributed by atoms with Crippen molar-refractivity contribution in [1.82, 2.24) is 5.32 Å². The van der Waals surface area contributed by atoms with E-state index in [4.69, 9.17) is 4.42 Å². The van der Waals surface area contributed by atoms with Gasteiger partial charge in [0.05, 0.1) is 16.8 Å². The average molecular weight is 300 g/mol. The van der Waals surface area contributed by atoms with Crippen molar-refractivity contribution in [3.05, 3.63) is 22.6 Å². The minimum absolute atomic E-state index is 0.355. The highest BCUT2D eigenvalue weighted by atomic mass is 79.9. The Balaban J connectivity index is 2.10. The van der Waals surface area contributed by atoms with Crippen LogP contribution in [0.25, 0.3) is 0 Å². The molecule has 1 aromatic heterocycles. The minimum atomic E-state index is 0.355. The van der Waals surface area contributed by atoms with Crippen molar-refractivity contribution in [3.8, 4) is 0 Å². The Bertz CT molecular complexity index is 350. The van der Waals surface area contributed by atoms with Gasteiger partial charge in [-0.05, 0) is 53.7 Å². The lowest BCUT2D eigenvalue weighted by molar-refractivity contribution is 0.199. The predicted molar refractivity (Wildman–Crippen MR) is 73.9 cm³/mol. The lowest BCUT2D eigenvalue weighted by Crippen LogP contribution is -2.29. The zero-order chi connectivity index (χ0) is 12.3. The molecule has 2 nitrogen and oxygen atoms in total. The molecule has 0 aliphatic heterocycles. The standard InChI is InChI=1S/C14H22BrNO/c1-3-10-5-4-6-11(9-10)13(16-2)14-12(15)7-8-17-14/h7-8,10-11,13,16H,3-6,9H2,1-2H3. The van der Waals surface area contributed by atoms with Crippen molar-refractivity contribution in [2.75, 3.05) is 7.05 Å². The maximum atomic E-state index is 5.63. The van der Waals surface area contributed by atoms with Gasteiger partial charge in [-0.15, -0.1) is 0 Å². The van der Waals surface area contributed by atoms with E-state index in [1.165, 1.54) is 32.1 Å². The number of furan rings is 1. The second-order valence-corrected chi connectivity index (χ2v) is 5.95. The molecule has 0 spiro atoms. The van der Waals surface area contributed by atoms with E-state index in [1.54, 1.807) is 6.26 Å². The summed E-state index contributed by atoms with van der Waals surface area (Å²) in [5.74, 6) is 2.67. The van der Waals surface area contributed by atoms with Gasteiger partial charge in [-0.25, -0.2) is 0 Å². The molecule has 17 heavy (non-hydrogen) atoms. The van der Waals surface area contributed by atoms with E-state index < -0.39 is 0 Å². The lowest BCUT2D eigenvalue weighted by atomic mass is 9.76. The first-order chi connectivity index (χ1) is 8.26. The van der Waals surface area contributed by atoms with E-state index in [0.717, 1.165) is 16.2 Å². The van der Waals surface area contributed by atoms with Crippen molar-refractivity contribution >= 4 is 15.9 Å². The molecule has 3 atom stereocenters. The molecule has 3 heteroatoms. The summed E-state index contributed by atoms with van der Waals surface area (Å²) in [5.41, 5.74) is 0. The van der Waals surface area contributed by atoms with Crippen LogP contribution in [0.4, 0.5) is 0 Å². The van der Waals surface area contributed by atoms with Gasteiger partial charge in [-0.2, -0.15) is 0 Å². The maximum Gasteiger partial charge on any atom is 0.135 e. The summed E-state index contributed by atoms with van der Waals surface area (Å²) in [6, 6.07) is 2.34. The van der Waals surface area contributed by atoms with Crippen LogP contribution < -0.4 is 5.32 Å². The molecule has 0 amide bonds. The van der Waals surface area contributed by atoms with Crippen LogP contribution in [0.1, 0.15) is 50.8 Å². The van der Waals surface area contributed by atoms with E-state index in [-0.39, 0.29) is 0 Å². The molecule has 0 aromatic carbocycles. The van der Waals surface area contributed by atoms with E-state index in [0.29, 0.717) is 12.0 Å². The third-order valence-electron chi connectivity index (χ3n) is 4.11. The summed E-state index contributed by atoms with van der Waals surface area (Å²) in [6.45, 7) is 2.31. The normalized spacial score (nSPS) is 27.0. The minimum Gasteiger partial charge on any atom is -0.466 e. The summed E-state index contributed by atoms with van der Waals surface area (Å²) in [5, 5.41) is 3.44. The molecule has 1 aliphatic rings. The van der Waals surface area contributed by atoms with Crippen LogP contribution >= 0.6 is 15.9 Å². The monoisotopic (exact) mass is 299 g/mol. The maximum absolute atomic E-state index is 5.63. The molecule has 3 unspecified atom stereocenters. The van der Waals surface area contributed by atoms with Crippen LogP contribution in [0.2, 0.25) is 0 Å². The molecule has 1 heterocycles. The highest BCUT2D eigenvalue weighted by molar-refractivity contribution is 9.10. The Morgan fingerprint density at radius 1 is 1.53 bits per heavy atom. The number of rotatable bonds is 4. The smallest absolute Gasteiger partial charge is 0.135 e. The molecule has 0 radical (unpaired) electrons. The molecular formula is C14H22BrNO. The highest BCUT2D eigenvalue weighted by Gasteiger charge is 2.30. The van der Waals surface area contributed by atoms with Crippen LogP contribution in [0.5, 0.6) is 0 Å². The topological polar surface area (TPSA) is 25.2 Å². The molecule has 1 saturated carbocycles. The van der Waals surface area contributed by atoms with Gasteiger partial charge in [0.2, 0.25) is 0 Å². The highest BCUT2D eigenvalue weighted by Crippen LogP contribution is 2.40. The predicted octanol–water partition coefficient (Wildman–Crippen LogP) is 4.52. The zero-order valence-electron chi connectivity index (χ0n) is 10.7. The summed E-state index contributed by atoms with van der Waals surface area (Å²) in [6.07, 6.45) is 8.49.